The number of hydrogen-bond donors (Lipinski definition) is 1. The lowest BCUT2D eigenvalue weighted by atomic mass is 9.94. The lowest BCUT2D eigenvalue weighted by molar-refractivity contribution is -0.135. The van der Waals surface area contributed by atoms with Crippen molar-refractivity contribution >= 4 is 16.8 Å². The van der Waals surface area contributed by atoms with Crippen LogP contribution in [0.1, 0.15) is 43.0 Å². The van der Waals surface area contributed by atoms with Gasteiger partial charge in [-0.3, -0.25) is 15.1 Å². The number of aromatic nitrogens is 2. The van der Waals surface area contributed by atoms with E-state index in [2.05, 4.69) is 82.1 Å². The van der Waals surface area contributed by atoms with Crippen molar-refractivity contribution in [1.29, 1.82) is 0 Å². The second kappa shape index (κ2) is 9.27. The van der Waals surface area contributed by atoms with Crippen molar-refractivity contribution < 1.29 is 4.79 Å². The molecule has 174 valence electrons. The maximum absolute atomic E-state index is 13.6. The maximum Gasteiger partial charge on any atom is 0.240 e. The Bertz CT molecular complexity index is 1110. The number of carbonyl (C=O) groups excluding carboxylic acids is 1. The van der Waals surface area contributed by atoms with Crippen LogP contribution in [0.2, 0.25) is 0 Å². The molecule has 2 aliphatic rings. The molecule has 6 heteroatoms. The SMILES string of the molecule is CC(C)C[C@@H]1N[C@H](C(=O)N2CCN(C)CC2)Cc2cn(Cc3ccncc3)c3cccc1c23. The zero-order valence-corrected chi connectivity index (χ0v) is 20.0. The van der Waals surface area contributed by atoms with Crippen molar-refractivity contribution in [3.8, 4) is 0 Å². The van der Waals surface area contributed by atoms with E-state index in [9.17, 15) is 4.79 Å². The summed E-state index contributed by atoms with van der Waals surface area (Å²) in [7, 11) is 2.13. The number of hydrogen-bond acceptors (Lipinski definition) is 4. The first-order valence-corrected chi connectivity index (χ1v) is 12.2. The van der Waals surface area contributed by atoms with Gasteiger partial charge < -0.3 is 14.4 Å². The summed E-state index contributed by atoms with van der Waals surface area (Å²) in [6, 6.07) is 10.8. The van der Waals surface area contributed by atoms with Crippen LogP contribution in [0.5, 0.6) is 0 Å². The van der Waals surface area contributed by atoms with Crippen molar-refractivity contribution in [3.05, 3.63) is 65.6 Å². The molecule has 1 N–H and O–H groups in total. The molecule has 0 unspecified atom stereocenters. The van der Waals surface area contributed by atoms with Crippen molar-refractivity contribution in [1.82, 2.24) is 24.7 Å². The number of rotatable bonds is 5. The van der Waals surface area contributed by atoms with Gasteiger partial charge in [-0.05, 0) is 60.7 Å². The molecule has 6 nitrogen and oxygen atoms in total. The van der Waals surface area contributed by atoms with Gasteiger partial charge >= 0.3 is 0 Å². The van der Waals surface area contributed by atoms with E-state index in [1.807, 2.05) is 12.4 Å². The molecule has 0 saturated carbocycles. The van der Waals surface area contributed by atoms with Gasteiger partial charge in [0.2, 0.25) is 5.91 Å². The van der Waals surface area contributed by atoms with Crippen molar-refractivity contribution in [3.63, 3.8) is 0 Å². The first-order chi connectivity index (χ1) is 16.0. The van der Waals surface area contributed by atoms with Gasteiger partial charge in [0.1, 0.15) is 0 Å². The fourth-order valence-corrected chi connectivity index (χ4v) is 5.41. The zero-order valence-electron chi connectivity index (χ0n) is 20.0. The summed E-state index contributed by atoms with van der Waals surface area (Å²) < 4.78 is 2.35. The molecule has 33 heavy (non-hydrogen) atoms. The highest BCUT2D eigenvalue weighted by molar-refractivity contribution is 5.90. The smallest absolute Gasteiger partial charge is 0.240 e. The van der Waals surface area contributed by atoms with Gasteiger partial charge in [0.15, 0.2) is 0 Å². The predicted octanol–water partition coefficient (Wildman–Crippen LogP) is 3.46. The van der Waals surface area contributed by atoms with Crippen LogP contribution in [0.4, 0.5) is 0 Å². The molecule has 0 bridgehead atoms. The monoisotopic (exact) mass is 445 g/mol. The summed E-state index contributed by atoms with van der Waals surface area (Å²) >= 11 is 0. The summed E-state index contributed by atoms with van der Waals surface area (Å²) in [6.07, 6.45) is 7.73. The summed E-state index contributed by atoms with van der Waals surface area (Å²) in [5, 5.41) is 5.13. The number of pyridine rings is 1. The van der Waals surface area contributed by atoms with Crippen LogP contribution in [0.15, 0.2) is 48.9 Å². The fraction of sp³-hybridized carbons (Fsp3) is 0.481. The molecule has 1 saturated heterocycles. The van der Waals surface area contributed by atoms with Gasteiger partial charge in [-0.1, -0.05) is 26.0 Å². The van der Waals surface area contributed by atoms with Crippen LogP contribution < -0.4 is 5.32 Å². The molecule has 1 aromatic carbocycles. The Morgan fingerprint density at radius 3 is 2.61 bits per heavy atom. The predicted molar refractivity (Wildman–Crippen MR) is 132 cm³/mol. The van der Waals surface area contributed by atoms with Crippen LogP contribution in [-0.4, -0.2) is 64.5 Å². The first kappa shape index (κ1) is 22.1. The van der Waals surface area contributed by atoms with E-state index < -0.39 is 0 Å². The van der Waals surface area contributed by atoms with Gasteiger partial charge in [0.05, 0.1) is 6.04 Å². The number of carbonyl (C=O) groups is 1. The van der Waals surface area contributed by atoms with Crippen LogP contribution in [0.3, 0.4) is 0 Å². The van der Waals surface area contributed by atoms with Crippen molar-refractivity contribution in [2.24, 2.45) is 5.92 Å². The Labute approximate surface area is 196 Å². The standard InChI is InChI=1S/C27H35N5O/c1-19(2)15-23-22-5-4-6-25-26(22)21(18-32(25)17-20-7-9-28-10-8-20)16-24(29-23)27(33)31-13-11-30(3)12-14-31/h4-10,18-19,23-24,29H,11-17H2,1-3H3/t23-,24-/m0/s1. The highest BCUT2D eigenvalue weighted by Crippen LogP contribution is 2.36. The molecule has 0 aliphatic carbocycles. The third-order valence-electron chi connectivity index (χ3n) is 7.14. The average molecular weight is 446 g/mol. The Morgan fingerprint density at radius 1 is 1.12 bits per heavy atom. The number of nitrogens with one attached hydrogen (secondary N) is 1. The quantitative estimate of drug-likeness (QED) is 0.654. The second-order valence-electron chi connectivity index (χ2n) is 10.1. The lowest BCUT2D eigenvalue weighted by Gasteiger charge is -2.35. The Hall–Kier alpha value is -2.70. The minimum atomic E-state index is -0.190. The van der Waals surface area contributed by atoms with Gasteiger partial charge in [0.25, 0.3) is 0 Å². The molecule has 0 spiro atoms. The number of amides is 1. The highest BCUT2D eigenvalue weighted by atomic mass is 16.2. The number of nitrogens with zero attached hydrogens (tertiary/aromatic N) is 4. The van der Waals surface area contributed by atoms with E-state index in [1.54, 1.807) is 0 Å². The minimum absolute atomic E-state index is 0.174. The van der Waals surface area contributed by atoms with E-state index in [-0.39, 0.29) is 18.0 Å². The highest BCUT2D eigenvalue weighted by Gasteiger charge is 2.33. The Balaban J connectivity index is 1.52. The van der Waals surface area contributed by atoms with Gasteiger partial charge in [-0.2, -0.15) is 0 Å². The zero-order chi connectivity index (χ0) is 22.9. The van der Waals surface area contributed by atoms with Crippen LogP contribution in [-0.2, 0) is 17.8 Å². The molecule has 1 amide bonds. The number of likely N-dealkylation sites (N-methyl/N-ethyl adjacent to an activating group) is 1. The maximum atomic E-state index is 13.6. The molecule has 2 atom stereocenters. The topological polar surface area (TPSA) is 53.4 Å². The summed E-state index contributed by atoms with van der Waals surface area (Å²) in [5.41, 5.74) is 5.10. The fourth-order valence-electron chi connectivity index (χ4n) is 5.41. The normalized spacial score (nSPS) is 21.5. The molecular weight excluding hydrogens is 410 g/mol. The minimum Gasteiger partial charge on any atom is -0.343 e. The van der Waals surface area contributed by atoms with Crippen LogP contribution in [0.25, 0.3) is 10.9 Å². The lowest BCUT2D eigenvalue weighted by Crippen LogP contribution is -2.54. The molecular formula is C27H35N5O. The molecule has 0 radical (unpaired) electrons. The van der Waals surface area contributed by atoms with E-state index >= 15 is 0 Å². The third-order valence-corrected chi connectivity index (χ3v) is 7.14. The Kier molecular flexibility index (Phi) is 6.21. The largest absolute Gasteiger partial charge is 0.343 e. The third kappa shape index (κ3) is 4.55. The van der Waals surface area contributed by atoms with Crippen molar-refractivity contribution in [2.45, 2.75) is 45.3 Å². The summed E-state index contributed by atoms with van der Waals surface area (Å²) in [4.78, 5) is 22.2. The molecule has 1 fully saturated rings. The number of piperazine rings is 1. The number of benzene rings is 1. The molecule has 5 rings (SSSR count). The van der Waals surface area contributed by atoms with Gasteiger partial charge in [0, 0.05) is 68.3 Å². The molecule has 2 aliphatic heterocycles. The summed E-state index contributed by atoms with van der Waals surface area (Å²) in [6.45, 7) is 8.85. The Morgan fingerprint density at radius 2 is 1.88 bits per heavy atom. The first-order valence-electron chi connectivity index (χ1n) is 12.2. The summed E-state index contributed by atoms with van der Waals surface area (Å²) in [5.74, 6) is 0.789. The van der Waals surface area contributed by atoms with E-state index in [1.165, 1.54) is 27.6 Å². The van der Waals surface area contributed by atoms with Gasteiger partial charge in [-0.25, -0.2) is 0 Å². The van der Waals surface area contributed by atoms with Crippen LogP contribution >= 0.6 is 0 Å². The second-order valence-corrected chi connectivity index (χ2v) is 10.1. The van der Waals surface area contributed by atoms with Gasteiger partial charge in [-0.15, -0.1) is 0 Å². The molecule has 2 aromatic heterocycles. The van der Waals surface area contributed by atoms with E-state index in [0.29, 0.717) is 5.92 Å². The molecule has 3 aromatic rings. The van der Waals surface area contributed by atoms with E-state index in [4.69, 9.17) is 0 Å². The van der Waals surface area contributed by atoms with Crippen molar-refractivity contribution in [2.75, 3.05) is 33.2 Å². The van der Waals surface area contributed by atoms with E-state index in [0.717, 1.165) is 45.6 Å². The average Bonchev–Trinajstić information content (AvgIpc) is 3.07. The molecule has 4 heterocycles. The van der Waals surface area contributed by atoms with Crippen LogP contribution in [0, 0.1) is 5.92 Å².